The number of hydrogen-bond donors (Lipinski definition) is 3. The third-order valence-corrected chi connectivity index (χ3v) is 3.71. The van der Waals surface area contributed by atoms with E-state index in [-0.39, 0.29) is 22.8 Å². The van der Waals surface area contributed by atoms with E-state index in [9.17, 15) is 15.3 Å². The second-order valence-electron chi connectivity index (χ2n) is 4.84. The molecule has 0 saturated heterocycles. The SMILES string of the molecule is Cc1c(C)c(O)c(-c2ccc3occc3c2)c(O)c1O. The Hall–Kier alpha value is -2.62. The monoisotopic (exact) mass is 270 g/mol. The topological polar surface area (TPSA) is 73.8 Å². The largest absolute Gasteiger partial charge is 0.507 e. The molecule has 0 bridgehead atoms. The summed E-state index contributed by atoms with van der Waals surface area (Å²) in [5, 5.41) is 31.2. The molecule has 4 heteroatoms. The van der Waals surface area contributed by atoms with Gasteiger partial charge in [-0.2, -0.15) is 0 Å². The van der Waals surface area contributed by atoms with Crippen LogP contribution in [0.5, 0.6) is 17.2 Å². The molecule has 3 rings (SSSR count). The highest BCUT2D eigenvalue weighted by molar-refractivity contribution is 5.88. The van der Waals surface area contributed by atoms with Crippen molar-refractivity contribution in [2.75, 3.05) is 0 Å². The Balaban J connectivity index is 2.33. The molecule has 0 amide bonds. The standard InChI is InChI=1S/C16H14O4/c1-8-9(2)15(18)16(19)13(14(8)17)11-3-4-12-10(7-11)5-6-20-12/h3-7,17-19H,1-2H3. The van der Waals surface area contributed by atoms with Gasteiger partial charge in [0.15, 0.2) is 11.5 Å². The molecule has 102 valence electrons. The molecule has 0 aliphatic carbocycles. The first-order valence-electron chi connectivity index (χ1n) is 6.22. The lowest BCUT2D eigenvalue weighted by atomic mass is 9.96. The average Bonchev–Trinajstić information content (AvgIpc) is 2.91. The molecule has 3 N–H and O–H groups in total. The summed E-state index contributed by atoms with van der Waals surface area (Å²) >= 11 is 0. The summed E-state index contributed by atoms with van der Waals surface area (Å²) in [4.78, 5) is 0. The van der Waals surface area contributed by atoms with Crippen LogP contribution < -0.4 is 0 Å². The van der Waals surface area contributed by atoms with E-state index in [4.69, 9.17) is 4.42 Å². The lowest BCUT2D eigenvalue weighted by Crippen LogP contribution is -1.89. The van der Waals surface area contributed by atoms with Crippen LogP contribution in [0.4, 0.5) is 0 Å². The first-order chi connectivity index (χ1) is 9.50. The molecule has 0 radical (unpaired) electrons. The molecule has 0 fully saturated rings. The average molecular weight is 270 g/mol. The molecular formula is C16H14O4. The third kappa shape index (κ3) is 1.61. The highest BCUT2D eigenvalue weighted by Crippen LogP contribution is 2.47. The summed E-state index contributed by atoms with van der Waals surface area (Å²) < 4.78 is 5.26. The summed E-state index contributed by atoms with van der Waals surface area (Å²) in [6.07, 6.45) is 1.58. The van der Waals surface area contributed by atoms with Crippen molar-refractivity contribution in [2.45, 2.75) is 13.8 Å². The van der Waals surface area contributed by atoms with Gasteiger partial charge in [0.1, 0.15) is 11.3 Å². The van der Waals surface area contributed by atoms with Gasteiger partial charge in [-0.3, -0.25) is 0 Å². The fourth-order valence-electron chi connectivity index (χ4n) is 2.35. The highest BCUT2D eigenvalue weighted by atomic mass is 16.3. The van der Waals surface area contributed by atoms with Gasteiger partial charge in [-0.25, -0.2) is 0 Å². The van der Waals surface area contributed by atoms with Crippen LogP contribution in [0.2, 0.25) is 0 Å². The minimum Gasteiger partial charge on any atom is -0.507 e. The Morgan fingerprint density at radius 1 is 0.850 bits per heavy atom. The van der Waals surface area contributed by atoms with Crippen molar-refractivity contribution in [3.63, 3.8) is 0 Å². The maximum atomic E-state index is 10.3. The second-order valence-corrected chi connectivity index (χ2v) is 4.84. The number of hydrogen-bond acceptors (Lipinski definition) is 4. The van der Waals surface area contributed by atoms with Crippen molar-refractivity contribution >= 4 is 11.0 Å². The number of furan rings is 1. The molecule has 4 nitrogen and oxygen atoms in total. The summed E-state index contributed by atoms with van der Waals surface area (Å²) in [5.41, 5.74) is 2.58. The quantitative estimate of drug-likeness (QED) is 0.464. The Kier molecular flexibility index (Phi) is 2.61. The van der Waals surface area contributed by atoms with Crippen LogP contribution in [0.1, 0.15) is 11.1 Å². The van der Waals surface area contributed by atoms with E-state index in [2.05, 4.69) is 0 Å². The summed E-state index contributed by atoms with van der Waals surface area (Å²) in [6.45, 7) is 3.34. The molecule has 20 heavy (non-hydrogen) atoms. The Bertz CT molecular complexity index is 786. The van der Waals surface area contributed by atoms with Gasteiger partial charge in [0.05, 0.1) is 11.8 Å². The van der Waals surface area contributed by atoms with Crippen molar-refractivity contribution < 1.29 is 19.7 Å². The summed E-state index contributed by atoms with van der Waals surface area (Å²) in [5.74, 6) is -0.545. The maximum Gasteiger partial charge on any atom is 0.169 e. The summed E-state index contributed by atoms with van der Waals surface area (Å²) in [7, 11) is 0. The first kappa shape index (κ1) is 12.4. The minimum atomic E-state index is -0.312. The predicted molar refractivity (Wildman–Crippen MR) is 76.1 cm³/mol. The van der Waals surface area contributed by atoms with Gasteiger partial charge in [0.25, 0.3) is 0 Å². The molecule has 0 unspecified atom stereocenters. The van der Waals surface area contributed by atoms with Crippen LogP contribution in [-0.4, -0.2) is 15.3 Å². The van der Waals surface area contributed by atoms with Crippen LogP contribution in [-0.2, 0) is 0 Å². The first-order valence-corrected chi connectivity index (χ1v) is 6.22. The molecule has 0 saturated carbocycles. The van der Waals surface area contributed by atoms with E-state index in [1.54, 1.807) is 44.4 Å². The van der Waals surface area contributed by atoms with Gasteiger partial charge in [-0.15, -0.1) is 0 Å². The molecule has 0 aliphatic heterocycles. The molecule has 1 aromatic heterocycles. The molecule has 2 aromatic carbocycles. The van der Waals surface area contributed by atoms with Gasteiger partial charge in [-0.1, -0.05) is 6.07 Å². The zero-order chi connectivity index (χ0) is 14.4. The predicted octanol–water partition coefficient (Wildman–Crippen LogP) is 3.83. The van der Waals surface area contributed by atoms with Gasteiger partial charge >= 0.3 is 0 Å². The smallest absolute Gasteiger partial charge is 0.169 e. The van der Waals surface area contributed by atoms with Gasteiger partial charge in [-0.05, 0) is 43.2 Å². The van der Waals surface area contributed by atoms with E-state index < -0.39 is 0 Å². The van der Waals surface area contributed by atoms with Gasteiger partial charge < -0.3 is 19.7 Å². The van der Waals surface area contributed by atoms with E-state index in [1.807, 2.05) is 0 Å². The molecule has 3 aromatic rings. The minimum absolute atomic E-state index is 0.0272. The van der Waals surface area contributed by atoms with Gasteiger partial charge in [0.2, 0.25) is 0 Å². The van der Waals surface area contributed by atoms with E-state index >= 15 is 0 Å². The van der Waals surface area contributed by atoms with E-state index in [0.717, 1.165) is 11.0 Å². The molecule has 0 atom stereocenters. The van der Waals surface area contributed by atoms with Crippen molar-refractivity contribution in [2.24, 2.45) is 0 Å². The van der Waals surface area contributed by atoms with Crippen LogP contribution in [0.3, 0.4) is 0 Å². The van der Waals surface area contributed by atoms with Crippen molar-refractivity contribution in [1.82, 2.24) is 0 Å². The number of aromatic hydroxyl groups is 3. The number of phenolic OH excluding ortho intramolecular Hbond substituents is 3. The van der Waals surface area contributed by atoms with Crippen LogP contribution >= 0.6 is 0 Å². The van der Waals surface area contributed by atoms with Crippen LogP contribution in [0.15, 0.2) is 34.9 Å². The molecule has 0 aliphatic rings. The van der Waals surface area contributed by atoms with Gasteiger partial charge in [0, 0.05) is 10.9 Å². The zero-order valence-corrected chi connectivity index (χ0v) is 11.1. The number of benzene rings is 2. The van der Waals surface area contributed by atoms with Crippen LogP contribution in [0, 0.1) is 13.8 Å². The van der Waals surface area contributed by atoms with Crippen LogP contribution in [0.25, 0.3) is 22.1 Å². The Labute approximate surface area is 115 Å². The number of fused-ring (bicyclic) bond motifs is 1. The zero-order valence-electron chi connectivity index (χ0n) is 11.1. The summed E-state index contributed by atoms with van der Waals surface area (Å²) in [6, 6.07) is 7.08. The second kappa shape index (κ2) is 4.20. The lowest BCUT2D eigenvalue weighted by Gasteiger charge is -2.14. The Morgan fingerprint density at radius 2 is 1.55 bits per heavy atom. The fraction of sp³-hybridized carbons (Fsp3) is 0.125. The number of phenols is 3. The fourth-order valence-corrected chi connectivity index (χ4v) is 2.35. The Morgan fingerprint density at radius 3 is 2.30 bits per heavy atom. The number of rotatable bonds is 1. The van der Waals surface area contributed by atoms with E-state index in [0.29, 0.717) is 16.7 Å². The third-order valence-electron chi connectivity index (χ3n) is 3.71. The molecule has 0 spiro atoms. The van der Waals surface area contributed by atoms with Crippen molar-refractivity contribution in [3.8, 4) is 28.4 Å². The highest BCUT2D eigenvalue weighted by Gasteiger charge is 2.20. The van der Waals surface area contributed by atoms with E-state index in [1.165, 1.54) is 0 Å². The van der Waals surface area contributed by atoms with Crippen molar-refractivity contribution in [3.05, 3.63) is 41.7 Å². The normalized spacial score (nSPS) is 11.1. The van der Waals surface area contributed by atoms with Crippen molar-refractivity contribution in [1.29, 1.82) is 0 Å². The molecular weight excluding hydrogens is 256 g/mol. The maximum absolute atomic E-state index is 10.3. The lowest BCUT2D eigenvalue weighted by molar-refractivity contribution is 0.394. The molecule has 1 heterocycles.